The summed E-state index contributed by atoms with van der Waals surface area (Å²) in [5.41, 5.74) is 3.67. The van der Waals surface area contributed by atoms with Gasteiger partial charge in [0.05, 0.1) is 17.1 Å². The van der Waals surface area contributed by atoms with Gasteiger partial charge in [0.25, 0.3) is 0 Å². The van der Waals surface area contributed by atoms with Crippen molar-refractivity contribution in [3.8, 4) is 0 Å². The molecule has 1 fully saturated rings. The third kappa shape index (κ3) is 5.93. The highest BCUT2D eigenvalue weighted by molar-refractivity contribution is 6.58. The van der Waals surface area contributed by atoms with E-state index < -0.39 is 8.96 Å². The highest BCUT2D eigenvalue weighted by atomic mass is 35.5. The number of amides is 2. The molecule has 0 spiro atoms. The van der Waals surface area contributed by atoms with Gasteiger partial charge in [0.1, 0.15) is 0 Å². The lowest BCUT2D eigenvalue weighted by molar-refractivity contribution is 0.0782. The van der Waals surface area contributed by atoms with Gasteiger partial charge in [0.15, 0.2) is 8.96 Å². The number of hydrogen-bond acceptors (Lipinski definition) is 5. The van der Waals surface area contributed by atoms with Crippen LogP contribution in [0.3, 0.4) is 0 Å². The Bertz CT molecular complexity index is 1140. The van der Waals surface area contributed by atoms with E-state index in [1.807, 2.05) is 22.8 Å². The van der Waals surface area contributed by atoms with Gasteiger partial charge >= 0.3 is 6.09 Å². The van der Waals surface area contributed by atoms with Crippen LogP contribution >= 0.6 is 11.6 Å². The molecule has 2 amide bonds. The van der Waals surface area contributed by atoms with E-state index in [1.165, 1.54) is 5.56 Å². The van der Waals surface area contributed by atoms with E-state index in [-0.39, 0.29) is 12.0 Å². The normalized spacial score (nSPS) is 19.9. The number of aromatic nitrogens is 1. The third-order valence-corrected chi connectivity index (χ3v) is 10.3. The van der Waals surface area contributed by atoms with Gasteiger partial charge < -0.3 is 19.1 Å². The number of rotatable bonds is 7. The van der Waals surface area contributed by atoms with Crippen molar-refractivity contribution in [1.82, 2.24) is 19.3 Å². The lowest BCUT2D eigenvalue weighted by atomic mass is 9.84. The molecule has 2 aromatic rings. The molecular weight excluding hydrogens is 492 g/mol. The van der Waals surface area contributed by atoms with Gasteiger partial charge in [-0.05, 0) is 76.4 Å². The van der Waals surface area contributed by atoms with E-state index >= 15 is 0 Å². The average molecular weight is 529 g/mol. The van der Waals surface area contributed by atoms with Crippen molar-refractivity contribution >= 4 is 43.5 Å². The van der Waals surface area contributed by atoms with Crippen molar-refractivity contribution in [2.24, 2.45) is 5.92 Å². The van der Waals surface area contributed by atoms with Crippen LogP contribution in [0.25, 0.3) is 10.9 Å². The molecule has 0 radical (unpaired) electrons. The molecule has 4 rings (SSSR count). The summed E-state index contributed by atoms with van der Waals surface area (Å²) in [6, 6.07) is 5.70. The first kappa shape index (κ1) is 26.6. The standard InChI is InChI=1S/C27H37ClN4O3Si/c1-5-6-15-35-27(34)31-13-14-32(36(4)18-31)26(33)20-8-9-21-24(17-20)29-23-10-7-19(11-12-30(2)3)16-22(23)25(21)28/h5,8-9,17,19,36H,1,6-7,10-16,18H2,2-4H3. The largest absolute Gasteiger partial charge is 0.449 e. The lowest BCUT2D eigenvalue weighted by Crippen LogP contribution is -2.58. The van der Waals surface area contributed by atoms with Crippen LogP contribution in [-0.4, -0.2) is 86.8 Å². The Morgan fingerprint density at radius 1 is 1.33 bits per heavy atom. The van der Waals surface area contributed by atoms with Crippen LogP contribution in [-0.2, 0) is 17.6 Å². The van der Waals surface area contributed by atoms with Crippen LogP contribution in [0.5, 0.6) is 0 Å². The number of ether oxygens (including phenoxy) is 1. The maximum absolute atomic E-state index is 13.4. The fourth-order valence-electron chi connectivity index (χ4n) is 5.19. The Hall–Kier alpha value is -2.42. The fourth-order valence-corrected chi connectivity index (χ4v) is 7.81. The minimum Gasteiger partial charge on any atom is -0.449 e. The molecule has 1 aromatic heterocycles. The van der Waals surface area contributed by atoms with Gasteiger partial charge in [-0.15, -0.1) is 6.58 Å². The summed E-state index contributed by atoms with van der Waals surface area (Å²) < 4.78 is 7.26. The van der Waals surface area contributed by atoms with Gasteiger partial charge in [-0.3, -0.25) is 9.78 Å². The average Bonchev–Trinajstić information content (AvgIpc) is 2.87. The number of carbonyl (C=O) groups excluding carboxylic acids is 2. The zero-order chi connectivity index (χ0) is 25.8. The molecule has 36 heavy (non-hydrogen) atoms. The smallest absolute Gasteiger partial charge is 0.409 e. The number of aryl methyl sites for hydroxylation is 1. The third-order valence-electron chi connectivity index (χ3n) is 7.31. The summed E-state index contributed by atoms with van der Waals surface area (Å²) in [5.74, 6) is 0.636. The Kier molecular flexibility index (Phi) is 8.69. The number of halogens is 1. The van der Waals surface area contributed by atoms with Gasteiger partial charge in [-0.1, -0.05) is 30.3 Å². The second-order valence-electron chi connectivity index (χ2n) is 10.3. The van der Waals surface area contributed by atoms with Gasteiger partial charge in [-0.25, -0.2) is 4.79 Å². The van der Waals surface area contributed by atoms with E-state index in [9.17, 15) is 9.59 Å². The molecule has 7 nitrogen and oxygen atoms in total. The van der Waals surface area contributed by atoms with Crippen LogP contribution in [0.4, 0.5) is 4.79 Å². The Balaban J connectivity index is 1.46. The van der Waals surface area contributed by atoms with Crippen molar-refractivity contribution in [3.05, 3.63) is 52.7 Å². The van der Waals surface area contributed by atoms with Crippen molar-refractivity contribution in [3.63, 3.8) is 0 Å². The predicted molar refractivity (Wildman–Crippen MR) is 147 cm³/mol. The van der Waals surface area contributed by atoms with Gasteiger partial charge in [0, 0.05) is 35.9 Å². The molecule has 0 N–H and O–H groups in total. The SMILES string of the molecule is C=CCCOC(=O)N1CCN(C(=O)c2ccc3c(Cl)c4c(nc3c2)CCC(CCN(C)C)C4)[SiH](C)C1. The zero-order valence-corrected chi connectivity index (χ0v) is 23.5. The molecule has 194 valence electrons. The summed E-state index contributed by atoms with van der Waals surface area (Å²) in [6.45, 7) is 8.16. The van der Waals surface area contributed by atoms with Crippen molar-refractivity contribution in [1.29, 1.82) is 0 Å². The van der Waals surface area contributed by atoms with E-state index in [0.717, 1.165) is 53.8 Å². The molecule has 2 heterocycles. The highest BCUT2D eigenvalue weighted by Crippen LogP contribution is 2.36. The number of carbonyl (C=O) groups is 2. The minimum atomic E-state index is -1.67. The summed E-state index contributed by atoms with van der Waals surface area (Å²) in [7, 11) is 2.56. The lowest BCUT2D eigenvalue weighted by Gasteiger charge is -2.38. The van der Waals surface area contributed by atoms with Gasteiger partial charge in [-0.2, -0.15) is 0 Å². The molecule has 2 aliphatic rings. The quantitative estimate of drug-likeness (QED) is 0.304. The van der Waals surface area contributed by atoms with E-state index in [4.69, 9.17) is 21.3 Å². The van der Waals surface area contributed by atoms with Gasteiger partial charge in [0.2, 0.25) is 5.91 Å². The first-order valence-electron chi connectivity index (χ1n) is 12.9. The number of benzene rings is 1. The molecule has 1 aliphatic carbocycles. The summed E-state index contributed by atoms with van der Waals surface area (Å²) >= 11 is 6.89. The summed E-state index contributed by atoms with van der Waals surface area (Å²) in [4.78, 5) is 34.7. The molecule has 2 atom stereocenters. The Morgan fingerprint density at radius 2 is 2.14 bits per heavy atom. The topological polar surface area (TPSA) is 66.0 Å². The molecular formula is C27H37ClN4O3Si. The van der Waals surface area contributed by atoms with Crippen LogP contribution in [0.1, 0.15) is 40.9 Å². The number of pyridine rings is 1. The van der Waals surface area contributed by atoms with Crippen molar-refractivity contribution in [2.75, 3.05) is 46.5 Å². The Labute approximate surface area is 220 Å². The number of hydrogen-bond donors (Lipinski definition) is 0. The maximum Gasteiger partial charge on any atom is 0.409 e. The van der Waals surface area contributed by atoms with Crippen LogP contribution in [0.2, 0.25) is 11.6 Å². The summed E-state index contributed by atoms with van der Waals surface area (Å²) in [6.07, 6.45) is 6.82. The molecule has 9 heteroatoms. The highest BCUT2D eigenvalue weighted by Gasteiger charge is 2.32. The van der Waals surface area contributed by atoms with Crippen LogP contribution < -0.4 is 0 Å². The zero-order valence-electron chi connectivity index (χ0n) is 21.6. The number of nitrogens with zero attached hydrogens (tertiary/aromatic N) is 4. The second-order valence-corrected chi connectivity index (χ2v) is 13.3. The van der Waals surface area contributed by atoms with Crippen LogP contribution in [0, 0.1) is 5.92 Å². The first-order valence-corrected chi connectivity index (χ1v) is 15.7. The molecule has 1 aliphatic heterocycles. The predicted octanol–water partition coefficient (Wildman–Crippen LogP) is 4.31. The molecule has 2 unspecified atom stereocenters. The molecule has 0 saturated carbocycles. The van der Waals surface area contributed by atoms with E-state index in [0.29, 0.717) is 43.8 Å². The monoisotopic (exact) mass is 528 g/mol. The van der Waals surface area contributed by atoms with E-state index in [2.05, 4.69) is 32.1 Å². The van der Waals surface area contributed by atoms with Crippen molar-refractivity contribution in [2.45, 2.75) is 38.7 Å². The maximum atomic E-state index is 13.4. The van der Waals surface area contributed by atoms with Crippen molar-refractivity contribution < 1.29 is 14.3 Å². The number of fused-ring (bicyclic) bond motifs is 2. The van der Waals surface area contributed by atoms with E-state index in [1.54, 1.807) is 11.0 Å². The molecule has 1 saturated heterocycles. The first-order chi connectivity index (χ1) is 17.3. The molecule has 0 bridgehead atoms. The molecule has 1 aromatic carbocycles. The van der Waals surface area contributed by atoms with Crippen LogP contribution in [0.15, 0.2) is 30.9 Å². The Morgan fingerprint density at radius 3 is 2.86 bits per heavy atom. The summed E-state index contributed by atoms with van der Waals surface area (Å²) in [5, 5.41) is 1.70. The second kappa shape index (κ2) is 11.8. The fraction of sp³-hybridized carbons (Fsp3) is 0.519. The minimum absolute atomic E-state index is 0.00938.